The largest absolute Gasteiger partial charge is 0.484 e. The van der Waals surface area contributed by atoms with Crippen LogP contribution in [0.5, 0.6) is 5.75 Å². The van der Waals surface area contributed by atoms with Crippen LogP contribution in [0.3, 0.4) is 0 Å². The number of sulfonamides is 1. The van der Waals surface area contributed by atoms with Gasteiger partial charge in [-0.1, -0.05) is 19.4 Å². The molecule has 152 valence electrons. The molecule has 0 spiro atoms. The van der Waals surface area contributed by atoms with E-state index in [9.17, 15) is 13.2 Å². The van der Waals surface area contributed by atoms with Gasteiger partial charge in [0.1, 0.15) is 5.75 Å². The van der Waals surface area contributed by atoms with E-state index in [-0.39, 0.29) is 23.5 Å². The van der Waals surface area contributed by atoms with Crippen molar-refractivity contribution < 1.29 is 17.9 Å². The first-order valence-electron chi connectivity index (χ1n) is 9.33. The van der Waals surface area contributed by atoms with Gasteiger partial charge in [0.25, 0.3) is 15.9 Å². The Kier molecular flexibility index (Phi) is 7.45. The van der Waals surface area contributed by atoms with E-state index in [1.807, 2.05) is 26.8 Å². The van der Waals surface area contributed by atoms with Gasteiger partial charge in [0.05, 0.1) is 4.90 Å². The lowest BCUT2D eigenvalue weighted by atomic mass is 10.1. The number of carbonyl (C=O) groups excluding carboxylic acids is 1. The Hall–Kier alpha value is -2.54. The number of rotatable bonds is 9. The highest BCUT2D eigenvalue weighted by atomic mass is 32.2. The van der Waals surface area contributed by atoms with E-state index in [4.69, 9.17) is 4.74 Å². The van der Waals surface area contributed by atoms with Crippen molar-refractivity contribution in [1.29, 1.82) is 0 Å². The van der Waals surface area contributed by atoms with Crippen molar-refractivity contribution in [3.05, 3.63) is 53.6 Å². The SMILES string of the molecule is CCC[C@H](C)NC(=O)COc1ccc(S(=O)(=O)Nc2cc(C)cc(C)c2)cc1. The summed E-state index contributed by atoms with van der Waals surface area (Å²) in [5, 5.41) is 2.85. The van der Waals surface area contributed by atoms with Gasteiger partial charge in [0.15, 0.2) is 6.61 Å². The van der Waals surface area contributed by atoms with Crippen molar-refractivity contribution in [3.8, 4) is 5.75 Å². The van der Waals surface area contributed by atoms with Crippen LogP contribution in [0.15, 0.2) is 47.4 Å². The van der Waals surface area contributed by atoms with Crippen LogP contribution >= 0.6 is 0 Å². The van der Waals surface area contributed by atoms with Gasteiger partial charge in [-0.05, 0) is 74.7 Å². The summed E-state index contributed by atoms with van der Waals surface area (Å²) in [6.07, 6.45) is 1.90. The van der Waals surface area contributed by atoms with E-state index in [2.05, 4.69) is 17.0 Å². The highest BCUT2D eigenvalue weighted by Crippen LogP contribution is 2.21. The summed E-state index contributed by atoms with van der Waals surface area (Å²) < 4.78 is 33.2. The molecular formula is C21H28N2O4S. The minimum atomic E-state index is -3.70. The van der Waals surface area contributed by atoms with Gasteiger partial charge in [-0.25, -0.2) is 8.42 Å². The number of anilines is 1. The molecule has 0 bridgehead atoms. The van der Waals surface area contributed by atoms with Gasteiger partial charge in [-0.15, -0.1) is 0 Å². The van der Waals surface area contributed by atoms with Crippen LogP contribution in [-0.4, -0.2) is 27.0 Å². The van der Waals surface area contributed by atoms with Crippen LogP contribution in [0.1, 0.15) is 37.8 Å². The molecule has 0 heterocycles. The molecule has 2 rings (SSSR count). The number of hydrogen-bond acceptors (Lipinski definition) is 4. The lowest BCUT2D eigenvalue weighted by Gasteiger charge is -2.13. The second kappa shape index (κ2) is 9.59. The molecule has 0 saturated heterocycles. The van der Waals surface area contributed by atoms with Crippen LogP contribution in [0.2, 0.25) is 0 Å². The Morgan fingerprint density at radius 2 is 1.68 bits per heavy atom. The Morgan fingerprint density at radius 1 is 1.07 bits per heavy atom. The van der Waals surface area contributed by atoms with Crippen molar-refractivity contribution in [1.82, 2.24) is 5.32 Å². The van der Waals surface area contributed by atoms with E-state index >= 15 is 0 Å². The summed E-state index contributed by atoms with van der Waals surface area (Å²) in [5.41, 5.74) is 2.48. The van der Waals surface area contributed by atoms with Crippen LogP contribution in [0.4, 0.5) is 5.69 Å². The second-order valence-corrected chi connectivity index (χ2v) is 8.68. The molecule has 0 saturated carbocycles. The molecule has 0 aliphatic carbocycles. The first kappa shape index (κ1) is 21.8. The number of benzene rings is 2. The predicted octanol–water partition coefficient (Wildman–Crippen LogP) is 3.79. The van der Waals surface area contributed by atoms with Gasteiger partial charge >= 0.3 is 0 Å². The van der Waals surface area contributed by atoms with Crippen molar-refractivity contribution in [2.24, 2.45) is 0 Å². The molecular weight excluding hydrogens is 376 g/mol. The Morgan fingerprint density at radius 3 is 2.25 bits per heavy atom. The third kappa shape index (κ3) is 6.56. The minimum Gasteiger partial charge on any atom is -0.484 e. The molecule has 0 unspecified atom stereocenters. The third-order valence-corrected chi connectivity index (χ3v) is 5.50. The number of nitrogens with one attached hydrogen (secondary N) is 2. The quantitative estimate of drug-likeness (QED) is 0.666. The number of aryl methyl sites for hydroxylation is 2. The standard InChI is InChI=1S/C21H28N2O4S/c1-5-6-17(4)22-21(24)14-27-19-7-9-20(10-8-19)28(25,26)23-18-12-15(2)11-16(3)13-18/h7-13,17,23H,5-6,14H2,1-4H3,(H,22,24)/t17-/m0/s1. The Balaban J connectivity index is 1.98. The predicted molar refractivity (Wildman–Crippen MR) is 111 cm³/mol. The summed E-state index contributed by atoms with van der Waals surface area (Å²) in [7, 11) is -3.70. The summed E-state index contributed by atoms with van der Waals surface area (Å²) in [4.78, 5) is 12.0. The molecule has 2 N–H and O–H groups in total. The summed E-state index contributed by atoms with van der Waals surface area (Å²) in [6.45, 7) is 7.72. The van der Waals surface area contributed by atoms with E-state index in [0.717, 1.165) is 24.0 Å². The van der Waals surface area contributed by atoms with Gasteiger partial charge in [-0.2, -0.15) is 0 Å². The number of ether oxygens (including phenoxy) is 1. The minimum absolute atomic E-state index is 0.102. The molecule has 0 aliphatic heterocycles. The first-order chi connectivity index (χ1) is 13.2. The monoisotopic (exact) mass is 404 g/mol. The van der Waals surface area contributed by atoms with E-state index in [1.54, 1.807) is 24.3 Å². The summed E-state index contributed by atoms with van der Waals surface area (Å²) >= 11 is 0. The van der Waals surface area contributed by atoms with Gasteiger partial charge in [-0.3, -0.25) is 9.52 Å². The molecule has 1 atom stereocenters. The molecule has 7 heteroatoms. The zero-order chi connectivity index (χ0) is 20.7. The molecule has 6 nitrogen and oxygen atoms in total. The lowest BCUT2D eigenvalue weighted by Crippen LogP contribution is -2.35. The Labute approximate surface area is 167 Å². The maximum absolute atomic E-state index is 12.6. The van der Waals surface area contributed by atoms with Crippen LogP contribution in [0, 0.1) is 13.8 Å². The first-order valence-corrected chi connectivity index (χ1v) is 10.8. The van der Waals surface area contributed by atoms with Crippen molar-refractivity contribution >= 4 is 21.6 Å². The molecule has 1 amide bonds. The fourth-order valence-corrected chi connectivity index (χ4v) is 3.97. The van der Waals surface area contributed by atoms with Gasteiger partial charge < -0.3 is 10.1 Å². The fraction of sp³-hybridized carbons (Fsp3) is 0.381. The van der Waals surface area contributed by atoms with Gasteiger partial charge in [0.2, 0.25) is 0 Å². The molecule has 0 aliphatic rings. The zero-order valence-electron chi connectivity index (χ0n) is 16.8. The average molecular weight is 405 g/mol. The molecule has 28 heavy (non-hydrogen) atoms. The lowest BCUT2D eigenvalue weighted by molar-refractivity contribution is -0.123. The van der Waals surface area contributed by atoms with E-state index < -0.39 is 10.0 Å². The molecule has 0 aromatic heterocycles. The van der Waals surface area contributed by atoms with Gasteiger partial charge in [0, 0.05) is 11.7 Å². The number of hydrogen-bond donors (Lipinski definition) is 2. The summed E-state index contributed by atoms with van der Waals surface area (Å²) in [5.74, 6) is 0.234. The highest BCUT2D eigenvalue weighted by molar-refractivity contribution is 7.92. The maximum atomic E-state index is 12.6. The van der Waals surface area contributed by atoms with E-state index in [0.29, 0.717) is 11.4 Å². The fourth-order valence-electron chi connectivity index (χ4n) is 2.93. The third-order valence-electron chi connectivity index (χ3n) is 4.11. The van der Waals surface area contributed by atoms with Crippen molar-refractivity contribution in [2.45, 2.75) is 51.5 Å². The normalized spacial score (nSPS) is 12.3. The van der Waals surface area contributed by atoms with Crippen LogP contribution in [-0.2, 0) is 14.8 Å². The van der Waals surface area contributed by atoms with Crippen molar-refractivity contribution in [2.75, 3.05) is 11.3 Å². The summed E-state index contributed by atoms with van der Waals surface area (Å²) in [6, 6.07) is 11.6. The molecule has 2 aromatic carbocycles. The maximum Gasteiger partial charge on any atom is 0.261 e. The smallest absolute Gasteiger partial charge is 0.261 e. The molecule has 2 aromatic rings. The zero-order valence-corrected chi connectivity index (χ0v) is 17.6. The van der Waals surface area contributed by atoms with Crippen molar-refractivity contribution in [3.63, 3.8) is 0 Å². The van der Waals surface area contributed by atoms with E-state index in [1.165, 1.54) is 12.1 Å². The van der Waals surface area contributed by atoms with Crippen LogP contribution < -0.4 is 14.8 Å². The van der Waals surface area contributed by atoms with Crippen LogP contribution in [0.25, 0.3) is 0 Å². The number of amides is 1. The second-order valence-electron chi connectivity index (χ2n) is 7.00. The molecule has 0 radical (unpaired) electrons. The average Bonchev–Trinajstić information content (AvgIpc) is 2.59. The Bertz CT molecular complexity index is 888. The molecule has 0 fully saturated rings. The highest BCUT2D eigenvalue weighted by Gasteiger charge is 2.15. The topological polar surface area (TPSA) is 84.5 Å². The number of carbonyl (C=O) groups is 1.